The first-order valence-corrected chi connectivity index (χ1v) is 12.0. The van der Waals surface area contributed by atoms with Gasteiger partial charge in [-0.25, -0.2) is 8.42 Å². The van der Waals surface area contributed by atoms with Crippen molar-refractivity contribution < 1.29 is 13.2 Å². The van der Waals surface area contributed by atoms with E-state index in [1.165, 1.54) is 6.07 Å². The number of hydrogen-bond donors (Lipinski definition) is 1. The summed E-state index contributed by atoms with van der Waals surface area (Å²) in [6.45, 7) is 5.19. The fourth-order valence-corrected chi connectivity index (χ4v) is 5.97. The molecule has 1 aliphatic heterocycles. The highest BCUT2D eigenvalue weighted by atomic mass is 32.2. The molecule has 1 heterocycles. The lowest BCUT2D eigenvalue weighted by Gasteiger charge is -2.34. The highest BCUT2D eigenvalue weighted by Crippen LogP contribution is 2.28. The zero-order valence-corrected chi connectivity index (χ0v) is 18.0. The Balaban J connectivity index is 1.84. The Bertz CT molecular complexity index is 950. The Morgan fingerprint density at radius 3 is 2.43 bits per heavy atom. The number of rotatable bonds is 5. The molecule has 150 valence electrons. The minimum atomic E-state index is -3.62. The highest BCUT2D eigenvalue weighted by molar-refractivity contribution is 7.98. The van der Waals surface area contributed by atoms with Crippen LogP contribution in [-0.4, -0.2) is 38.0 Å². The maximum atomic E-state index is 13.1. The average Bonchev–Trinajstić information content (AvgIpc) is 2.67. The fraction of sp³-hybridized carbons (Fsp3) is 0.381. The minimum absolute atomic E-state index is 0.166. The molecule has 1 fully saturated rings. The molecule has 0 radical (unpaired) electrons. The van der Waals surface area contributed by atoms with E-state index in [1.54, 1.807) is 34.3 Å². The molecule has 1 saturated heterocycles. The van der Waals surface area contributed by atoms with Gasteiger partial charge in [-0.05, 0) is 54.8 Å². The number of nitrogens with one attached hydrogen (secondary N) is 1. The van der Waals surface area contributed by atoms with Crippen molar-refractivity contribution in [2.75, 3.05) is 24.7 Å². The quantitative estimate of drug-likeness (QED) is 0.734. The molecule has 0 saturated carbocycles. The average molecular weight is 419 g/mol. The molecule has 5 nitrogen and oxygen atoms in total. The number of sulfonamides is 1. The van der Waals surface area contributed by atoms with Crippen LogP contribution in [0.25, 0.3) is 0 Å². The molecule has 7 heteroatoms. The van der Waals surface area contributed by atoms with E-state index in [0.717, 1.165) is 11.3 Å². The Hall–Kier alpha value is -1.83. The third kappa shape index (κ3) is 4.59. The van der Waals surface area contributed by atoms with Gasteiger partial charge in [0, 0.05) is 23.5 Å². The van der Waals surface area contributed by atoms with Crippen molar-refractivity contribution in [2.45, 2.75) is 30.1 Å². The summed E-state index contributed by atoms with van der Waals surface area (Å²) in [5, 5.41) is 2.88. The van der Waals surface area contributed by atoms with E-state index in [4.69, 9.17) is 0 Å². The maximum absolute atomic E-state index is 13.1. The molecule has 2 atom stereocenters. The van der Waals surface area contributed by atoms with Crippen LogP contribution in [0.1, 0.15) is 30.6 Å². The molecule has 28 heavy (non-hydrogen) atoms. The van der Waals surface area contributed by atoms with Crippen molar-refractivity contribution >= 4 is 33.4 Å². The molecule has 2 aromatic carbocycles. The third-order valence-corrected chi connectivity index (χ3v) is 7.55. The number of piperidine rings is 1. The van der Waals surface area contributed by atoms with E-state index in [-0.39, 0.29) is 10.8 Å². The van der Waals surface area contributed by atoms with Crippen LogP contribution in [0.15, 0.2) is 58.3 Å². The van der Waals surface area contributed by atoms with Crippen molar-refractivity contribution in [2.24, 2.45) is 11.8 Å². The molecule has 1 aliphatic rings. The van der Waals surface area contributed by atoms with Crippen molar-refractivity contribution in [3.63, 3.8) is 0 Å². The molecular formula is C21H26N2O3S2. The van der Waals surface area contributed by atoms with Crippen LogP contribution in [0.2, 0.25) is 0 Å². The number of benzene rings is 2. The summed E-state index contributed by atoms with van der Waals surface area (Å²) in [4.78, 5) is 13.8. The molecule has 0 bridgehead atoms. The summed E-state index contributed by atoms with van der Waals surface area (Å²) in [5.41, 5.74) is 1.04. The summed E-state index contributed by atoms with van der Waals surface area (Å²) in [6, 6.07) is 13.8. The van der Waals surface area contributed by atoms with Gasteiger partial charge in [-0.3, -0.25) is 4.79 Å². The van der Waals surface area contributed by atoms with E-state index in [1.807, 2.05) is 30.5 Å². The number of hydrogen-bond acceptors (Lipinski definition) is 4. The van der Waals surface area contributed by atoms with Gasteiger partial charge in [-0.2, -0.15) is 4.31 Å². The first-order valence-electron chi connectivity index (χ1n) is 9.36. The topological polar surface area (TPSA) is 66.5 Å². The Morgan fingerprint density at radius 1 is 1.07 bits per heavy atom. The van der Waals surface area contributed by atoms with Crippen molar-refractivity contribution in [3.8, 4) is 0 Å². The number of para-hydroxylation sites is 1. The number of anilines is 1. The van der Waals surface area contributed by atoms with Crippen molar-refractivity contribution in [1.82, 2.24) is 4.31 Å². The van der Waals surface area contributed by atoms with Gasteiger partial charge in [0.05, 0.1) is 10.6 Å². The number of carbonyl (C=O) groups excluding carboxylic acids is 1. The SMILES string of the molecule is CSc1ccccc1NC(=O)c1cccc(S(=O)(=O)N2CC(C)CC(C)C2)c1. The summed E-state index contributed by atoms with van der Waals surface area (Å²) >= 11 is 1.54. The zero-order chi connectivity index (χ0) is 20.3. The summed E-state index contributed by atoms with van der Waals surface area (Å²) < 4.78 is 27.8. The third-order valence-electron chi connectivity index (χ3n) is 4.92. The van der Waals surface area contributed by atoms with Gasteiger partial charge < -0.3 is 5.32 Å². The Labute approximate surface area is 171 Å². The van der Waals surface area contributed by atoms with Crippen LogP contribution in [0.3, 0.4) is 0 Å². The molecule has 2 unspecified atom stereocenters. The molecule has 1 N–H and O–H groups in total. The van der Waals surface area contributed by atoms with E-state index in [2.05, 4.69) is 19.2 Å². The first-order chi connectivity index (χ1) is 13.3. The van der Waals surface area contributed by atoms with Crippen LogP contribution in [0.4, 0.5) is 5.69 Å². The molecular weight excluding hydrogens is 392 g/mol. The van der Waals surface area contributed by atoms with Crippen LogP contribution in [0, 0.1) is 11.8 Å². The second-order valence-electron chi connectivity index (χ2n) is 7.45. The van der Waals surface area contributed by atoms with Crippen molar-refractivity contribution in [3.05, 3.63) is 54.1 Å². The van der Waals surface area contributed by atoms with Gasteiger partial charge in [-0.1, -0.05) is 32.0 Å². The number of thioether (sulfide) groups is 1. The van der Waals surface area contributed by atoms with Gasteiger partial charge in [0.1, 0.15) is 0 Å². The Kier molecular flexibility index (Phi) is 6.47. The first kappa shape index (κ1) is 20.9. The monoisotopic (exact) mass is 418 g/mol. The smallest absolute Gasteiger partial charge is 0.255 e. The lowest BCUT2D eigenvalue weighted by Crippen LogP contribution is -2.42. The molecule has 0 spiro atoms. The van der Waals surface area contributed by atoms with Gasteiger partial charge in [0.25, 0.3) is 5.91 Å². The van der Waals surface area contributed by atoms with Crippen molar-refractivity contribution in [1.29, 1.82) is 0 Å². The summed E-state index contributed by atoms with van der Waals surface area (Å²) in [6.07, 6.45) is 2.97. The lowest BCUT2D eigenvalue weighted by atomic mass is 9.94. The number of nitrogens with zero attached hydrogens (tertiary/aromatic N) is 1. The maximum Gasteiger partial charge on any atom is 0.255 e. The predicted molar refractivity (Wildman–Crippen MR) is 114 cm³/mol. The normalized spacial score (nSPS) is 20.7. The summed E-state index contributed by atoms with van der Waals surface area (Å²) in [5.74, 6) is 0.333. The largest absolute Gasteiger partial charge is 0.321 e. The summed E-state index contributed by atoms with van der Waals surface area (Å²) in [7, 11) is -3.62. The molecule has 1 amide bonds. The second-order valence-corrected chi connectivity index (χ2v) is 10.2. The molecule has 0 aromatic heterocycles. The minimum Gasteiger partial charge on any atom is -0.321 e. The fourth-order valence-electron chi connectivity index (χ4n) is 3.69. The van der Waals surface area contributed by atoms with E-state index < -0.39 is 10.0 Å². The van der Waals surface area contributed by atoms with Gasteiger partial charge in [-0.15, -0.1) is 11.8 Å². The Morgan fingerprint density at radius 2 is 1.75 bits per heavy atom. The van der Waals surface area contributed by atoms with Crippen LogP contribution in [0.5, 0.6) is 0 Å². The zero-order valence-electron chi connectivity index (χ0n) is 16.4. The standard InChI is InChI=1S/C21H26N2O3S2/c1-15-11-16(2)14-23(13-15)28(25,26)18-8-6-7-17(12-18)21(24)22-19-9-4-5-10-20(19)27-3/h4-10,12,15-16H,11,13-14H2,1-3H3,(H,22,24). The van der Waals surface area contributed by atoms with Crippen LogP contribution < -0.4 is 5.32 Å². The molecule has 3 rings (SSSR count). The number of carbonyl (C=O) groups is 1. The van der Waals surface area contributed by atoms with Gasteiger partial charge in [0.15, 0.2) is 0 Å². The second kappa shape index (κ2) is 8.68. The molecule has 2 aromatic rings. The van der Waals surface area contributed by atoms with Gasteiger partial charge in [0.2, 0.25) is 10.0 Å². The van der Waals surface area contributed by atoms with Crippen LogP contribution in [-0.2, 0) is 10.0 Å². The van der Waals surface area contributed by atoms with E-state index in [0.29, 0.717) is 36.2 Å². The predicted octanol–water partition coefficient (Wildman–Crippen LogP) is 4.33. The van der Waals surface area contributed by atoms with E-state index in [9.17, 15) is 13.2 Å². The van der Waals surface area contributed by atoms with Crippen LogP contribution >= 0.6 is 11.8 Å². The van der Waals surface area contributed by atoms with Gasteiger partial charge >= 0.3 is 0 Å². The molecule has 0 aliphatic carbocycles. The highest BCUT2D eigenvalue weighted by Gasteiger charge is 2.32. The number of amides is 1. The van der Waals surface area contributed by atoms with E-state index >= 15 is 0 Å². The lowest BCUT2D eigenvalue weighted by molar-refractivity contribution is 0.102.